The van der Waals surface area contributed by atoms with Crippen LogP contribution in [0.3, 0.4) is 0 Å². The summed E-state index contributed by atoms with van der Waals surface area (Å²) in [6.45, 7) is 0. The fourth-order valence-electron chi connectivity index (χ4n) is 1.58. The number of benzene rings is 1. The van der Waals surface area contributed by atoms with E-state index in [-0.39, 0.29) is 17.3 Å². The minimum atomic E-state index is -4.81. The predicted molar refractivity (Wildman–Crippen MR) is 66.7 cm³/mol. The Morgan fingerprint density at radius 2 is 1.86 bits per heavy atom. The van der Waals surface area contributed by atoms with Crippen molar-refractivity contribution in [1.29, 1.82) is 0 Å². The van der Waals surface area contributed by atoms with Crippen molar-refractivity contribution in [2.45, 2.75) is 6.18 Å². The van der Waals surface area contributed by atoms with Gasteiger partial charge < -0.3 is 15.2 Å². The molecule has 2 N–H and O–H groups in total. The largest absolute Gasteiger partial charge is 0.495 e. The lowest BCUT2D eigenvalue weighted by Gasteiger charge is -2.10. The first-order valence-corrected chi connectivity index (χ1v) is 5.66. The van der Waals surface area contributed by atoms with Crippen molar-refractivity contribution >= 4 is 5.69 Å². The summed E-state index contributed by atoms with van der Waals surface area (Å²) in [5.74, 6) is -1.36. The number of rotatable bonds is 3. The van der Waals surface area contributed by atoms with Gasteiger partial charge in [-0.2, -0.15) is 22.5 Å². The van der Waals surface area contributed by atoms with Crippen molar-refractivity contribution in [2.75, 3.05) is 12.8 Å². The highest BCUT2D eigenvalue weighted by Crippen LogP contribution is 2.33. The zero-order chi connectivity index (χ0) is 15.6. The molecular formula is C13H10F4N2O2. The van der Waals surface area contributed by atoms with Crippen LogP contribution < -0.4 is 15.2 Å². The lowest BCUT2D eigenvalue weighted by atomic mass is 10.2. The van der Waals surface area contributed by atoms with Crippen molar-refractivity contribution in [3.8, 4) is 17.4 Å². The second-order valence-corrected chi connectivity index (χ2v) is 3.99. The van der Waals surface area contributed by atoms with E-state index >= 15 is 0 Å². The second-order valence-electron chi connectivity index (χ2n) is 3.99. The molecule has 0 radical (unpaired) electrons. The molecule has 0 atom stereocenters. The molecule has 0 aliphatic rings. The molecule has 1 aromatic carbocycles. The van der Waals surface area contributed by atoms with E-state index in [9.17, 15) is 17.6 Å². The Bertz CT molecular complexity index is 659. The number of hydrogen-bond donors (Lipinski definition) is 1. The average molecular weight is 302 g/mol. The first-order valence-electron chi connectivity index (χ1n) is 5.66. The Kier molecular flexibility index (Phi) is 3.88. The van der Waals surface area contributed by atoms with E-state index in [0.29, 0.717) is 11.8 Å². The predicted octanol–water partition coefficient (Wildman–Crippen LogP) is 3.62. The van der Waals surface area contributed by atoms with E-state index in [0.717, 1.165) is 6.07 Å². The molecule has 21 heavy (non-hydrogen) atoms. The van der Waals surface area contributed by atoms with Crippen LogP contribution in [0.15, 0.2) is 30.3 Å². The standard InChI is InChI=1S/C13H10F4N2O2/c1-20-10-4-2-7(6-9(10)18)21-11-5-3-8(12(14)19-11)13(15,16)17/h2-6H,18H2,1H3. The molecule has 0 unspecified atom stereocenters. The Morgan fingerprint density at radius 1 is 1.14 bits per heavy atom. The molecule has 4 nitrogen and oxygen atoms in total. The quantitative estimate of drug-likeness (QED) is 0.534. The molecule has 0 aliphatic heterocycles. The van der Waals surface area contributed by atoms with Gasteiger partial charge in [-0.15, -0.1) is 0 Å². The SMILES string of the molecule is COc1ccc(Oc2ccc(C(F)(F)F)c(F)n2)cc1N. The third kappa shape index (κ3) is 3.33. The number of methoxy groups -OCH3 is 1. The van der Waals surface area contributed by atoms with Gasteiger partial charge in [-0.3, -0.25) is 0 Å². The molecule has 8 heteroatoms. The molecule has 0 bridgehead atoms. The van der Waals surface area contributed by atoms with Crippen LogP contribution in [0.4, 0.5) is 23.2 Å². The highest BCUT2D eigenvalue weighted by Gasteiger charge is 2.35. The van der Waals surface area contributed by atoms with Gasteiger partial charge in [0.15, 0.2) is 0 Å². The van der Waals surface area contributed by atoms with Gasteiger partial charge in [-0.1, -0.05) is 0 Å². The summed E-state index contributed by atoms with van der Waals surface area (Å²) >= 11 is 0. The molecule has 0 fully saturated rings. The zero-order valence-electron chi connectivity index (χ0n) is 10.7. The van der Waals surface area contributed by atoms with Gasteiger partial charge in [0, 0.05) is 12.1 Å². The lowest BCUT2D eigenvalue weighted by Crippen LogP contribution is -2.09. The van der Waals surface area contributed by atoms with E-state index in [2.05, 4.69) is 4.98 Å². The van der Waals surface area contributed by atoms with Crippen molar-refractivity contribution < 1.29 is 27.0 Å². The summed E-state index contributed by atoms with van der Waals surface area (Å²) in [5, 5.41) is 0. The van der Waals surface area contributed by atoms with Crippen molar-refractivity contribution in [2.24, 2.45) is 0 Å². The van der Waals surface area contributed by atoms with Crippen LogP contribution in [0, 0.1) is 5.95 Å². The molecular weight excluding hydrogens is 292 g/mol. The highest BCUT2D eigenvalue weighted by atomic mass is 19.4. The molecule has 0 amide bonds. The van der Waals surface area contributed by atoms with Crippen LogP contribution in [-0.2, 0) is 6.18 Å². The van der Waals surface area contributed by atoms with Crippen molar-refractivity contribution in [3.05, 3.63) is 41.8 Å². The first kappa shape index (κ1) is 14.9. The molecule has 0 aliphatic carbocycles. The third-order valence-electron chi connectivity index (χ3n) is 2.55. The number of nitrogens with two attached hydrogens (primary N) is 1. The van der Waals surface area contributed by atoms with Crippen molar-refractivity contribution in [1.82, 2.24) is 4.98 Å². The summed E-state index contributed by atoms with van der Waals surface area (Å²) in [4.78, 5) is 3.13. The van der Waals surface area contributed by atoms with Crippen LogP contribution in [0.25, 0.3) is 0 Å². The minimum Gasteiger partial charge on any atom is -0.495 e. The Hall–Kier alpha value is -2.51. The smallest absolute Gasteiger partial charge is 0.420 e. The van der Waals surface area contributed by atoms with E-state index in [1.807, 2.05) is 0 Å². The topological polar surface area (TPSA) is 57.4 Å². The van der Waals surface area contributed by atoms with Crippen molar-refractivity contribution in [3.63, 3.8) is 0 Å². The van der Waals surface area contributed by atoms with Gasteiger partial charge in [-0.05, 0) is 18.2 Å². The minimum absolute atomic E-state index is 0.194. The van der Waals surface area contributed by atoms with Gasteiger partial charge in [-0.25, -0.2) is 0 Å². The van der Waals surface area contributed by atoms with Gasteiger partial charge in [0.05, 0.1) is 12.8 Å². The maximum Gasteiger partial charge on any atom is 0.420 e. The maximum absolute atomic E-state index is 13.3. The number of nitrogen functional groups attached to an aromatic ring is 1. The summed E-state index contributed by atoms with van der Waals surface area (Å²) < 4.78 is 60.6. The molecule has 1 heterocycles. The van der Waals surface area contributed by atoms with Crippen LogP contribution in [0.2, 0.25) is 0 Å². The van der Waals surface area contributed by atoms with Crippen LogP contribution in [0.1, 0.15) is 5.56 Å². The lowest BCUT2D eigenvalue weighted by molar-refractivity contribution is -0.140. The normalized spacial score (nSPS) is 11.3. The monoisotopic (exact) mass is 302 g/mol. The molecule has 0 saturated carbocycles. The summed E-state index contributed by atoms with van der Waals surface area (Å²) in [6, 6.07) is 5.84. The van der Waals surface area contributed by atoms with Gasteiger partial charge >= 0.3 is 6.18 Å². The van der Waals surface area contributed by atoms with E-state index in [1.54, 1.807) is 0 Å². The van der Waals surface area contributed by atoms with Crippen LogP contribution in [-0.4, -0.2) is 12.1 Å². The fraction of sp³-hybridized carbons (Fsp3) is 0.154. The zero-order valence-corrected chi connectivity index (χ0v) is 10.7. The van der Waals surface area contributed by atoms with Crippen LogP contribution >= 0.6 is 0 Å². The number of nitrogens with zero attached hydrogens (tertiary/aromatic N) is 1. The molecule has 2 aromatic rings. The Morgan fingerprint density at radius 3 is 2.38 bits per heavy atom. The molecule has 0 spiro atoms. The Balaban J connectivity index is 2.24. The van der Waals surface area contributed by atoms with Crippen LogP contribution in [0.5, 0.6) is 17.4 Å². The first-order chi connectivity index (χ1) is 9.81. The number of halogens is 4. The van der Waals surface area contributed by atoms with E-state index in [4.69, 9.17) is 15.2 Å². The number of anilines is 1. The van der Waals surface area contributed by atoms with Gasteiger partial charge in [0.25, 0.3) is 0 Å². The number of hydrogen-bond acceptors (Lipinski definition) is 4. The molecule has 0 saturated heterocycles. The highest BCUT2D eigenvalue weighted by molar-refractivity contribution is 5.56. The summed E-state index contributed by atoms with van der Waals surface area (Å²) in [7, 11) is 1.43. The number of aromatic nitrogens is 1. The number of pyridine rings is 1. The third-order valence-corrected chi connectivity index (χ3v) is 2.55. The summed E-state index contributed by atoms with van der Waals surface area (Å²) in [6.07, 6.45) is -4.81. The van der Waals surface area contributed by atoms with Gasteiger partial charge in [0.1, 0.15) is 17.1 Å². The molecule has 2 rings (SSSR count). The summed E-state index contributed by atoms with van der Waals surface area (Å²) in [5.41, 5.74) is 4.46. The van der Waals surface area contributed by atoms with E-state index < -0.39 is 17.7 Å². The Labute approximate surface area is 117 Å². The molecule has 112 valence electrons. The average Bonchev–Trinajstić information content (AvgIpc) is 2.37. The number of ether oxygens (including phenoxy) is 2. The molecule has 1 aromatic heterocycles. The second kappa shape index (κ2) is 5.47. The fourth-order valence-corrected chi connectivity index (χ4v) is 1.58. The van der Waals surface area contributed by atoms with E-state index in [1.165, 1.54) is 25.3 Å². The number of alkyl halides is 3. The van der Waals surface area contributed by atoms with Gasteiger partial charge in [0.2, 0.25) is 11.8 Å². The maximum atomic E-state index is 13.3.